The average Bonchev–Trinajstić information content (AvgIpc) is 3.14. The molecule has 19 heavy (non-hydrogen) atoms. The summed E-state index contributed by atoms with van der Waals surface area (Å²) in [6.07, 6.45) is 12.6. The summed E-state index contributed by atoms with van der Waals surface area (Å²) in [6.45, 7) is 5.54. The number of esters is 1. The Bertz CT molecular complexity index is 388. The van der Waals surface area contributed by atoms with Gasteiger partial charge in [0.15, 0.2) is 0 Å². The number of hydrogen-bond acceptors (Lipinski definition) is 2. The molecular formula is C17H26O2. The molecule has 0 N–H and O–H groups in total. The van der Waals surface area contributed by atoms with E-state index in [4.69, 9.17) is 4.74 Å². The predicted molar refractivity (Wildman–Crippen MR) is 75.7 cm³/mol. The van der Waals surface area contributed by atoms with Crippen molar-refractivity contribution >= 4 is 5.97 Å². The van der Waals surface area contributed by atoms with Crippen LogP contribution in [0, 0.1) is 11.3 Å². The normalized spacial score (nSPS) is 33.3. The molecule has 0 radical (unpaired) electrons. The van der Waals surface area contributed by atoms with Crippen LogP contribution in [0.3, 0.4) is 0 Å². The van der Waals surface area contributed by atoms with Crippen molar-refractivity contribution in [2.75, 3.05) is 0 Å². The molecular weight excluding hydrogens is 236 g/mol. The standard InChI is InChI=1S/C17H26O2/c1-13(2)15(18)19-17(14-7-8-14)12-6-5-11-16(17)9-3-4-10-16/h14H,1,3-12H2,2H3. The SMILES string of the molecule is C=C(C)C(=O)OC1(C2CC2)CCCCC12CCCC2. The molecule has 0 aromatic carbocycles. The van der Waals surface area contributed by atoms with Gasteiger partial charge in [0.2, 0.25) is 0 Å². The minimum atomic E-state index is -0.153. The first-order valence-corrected chi connectivity index (χ1v) is 7.99. The highest BCUT2D eigenvalue weighted by molar-refractivity contribution is 5.87. The van der Waals surface area contributed by atoms with E-state index >= 15 is 0 Å². The summed E-state index contributed by atoms with van der Waals surface area (Å²) in [5.74, 6) is 0.481. The number of hydrogen-bond donors (Lipinski definition) is 0. The fourth-order valence-electron chi connectivity index (χ4n) is 4.73. The van der Waals surface area contributed by atoms with Crippen molar-refractivity contribution in [2.45, 2.75) is 76.7 Å². The van der Waals surface area contributed by atoms with E-state index in [9.17, 15) is 4.79 Å². The highest BCUT2D eigenvalue weighted by Gasteiger charge is 2.62. The summed E-state index contributed by atoms with van der Waals surface area (Å²) in [5, 5.41) is 0. The molecule has 3 fully saturated rings. The minimum absolute atomic E-state index is 0.141. The molecule has 3 rings (SSSR count). The second-order valence-corrected chi connectivity index (χ2v) is 7.03. The average molecular weight is 262 g/mol. The highest BCUT2D eigenvalue weighted by Crippen LogP contribution is 2.63. The zero-order valence-corrected chi connectivity index (χ0v) is 12.2. The van der Waals surface area contributed by atoms with E-state index in [1.807, 2.05) is 0 Å². The van der Waals surface area contributed by atoms with E-state index in [0.29, 0.717) is 16.9 Å². The van der Waals surface area contributed by atoms with Crippen molar-refractivity contribution in [2.24, 2.45) is 11.3 Å². The zero-order chi connectivity index (χ0) is 13.5. The van der Waals surface area contributed by atoms with Crippen LogP contribution in [-0.4, -0.2) is 11.6 Å². The molecule has 1 spiro atoms. The molecule has 0 saturated heterocycles. The quantitative estimate of drug-likeness (QED) is 0.557. The number of carbonyl (C=O) groups excluding carboxylic acids is 1. The highest BCUT2D eigenvalue weighted by atomic mass is 16.6. The summed E-state index contributed by atoms with van der Waals surface area (Å²) in [6, 6.07) is 0. The third-order valence-electron chi connectivity index (χ3n) is 5.77. The molecule has 3 saturated carbocycles. The molecule has 2 nitrogen and oxygen atoms in total. The van der Waals surface area contributed by atoms with Crippen molar-refractivity contribution in [1.29, 1.82) is 0 Å². The first-order chi connectivity index (χ1) is 9.10. The van der Waals surface area contributed by atoms with Crippen LogP contribution in [0.25, 0.3) is 0 Å². The lowest BCUT2D eigenvalue weighted by atomic mass is 9.59. The van der Waals surface area contributed by atoms with E-state index in [1.165, 1.54) is 57.8 Å². The maximum atomic E-state index is 12.2. The van der Waals surface area contributed by atoms with E-state index < -0.39 is 0 Å². The summed E-state index contributed by atoms with van der Waals surface area (Å²) in [7, 11) is 0. The van der Waals surface area contributed by atoms with Gasteiger partial charge >= 0.3 is 5.97 Å². The van der Waals surface area contributed by atoms with Crippen LogP contribution < -0.4 is 0 Å². The van der Waals surface area contributed by atoms with Crippen LogP contribution in [0.15, 0.2) is 12.2 Å². The predicted octanol–water partition coefficient (Wildman–Crippen LogP) is 4.39. The molecule has 0 aromatic rings. The minimum Gasteiger partial charge on any atom is -0.455 e. The Morgan fingerprint density at radius 1 is 1.05 bits per heavy atom. The van der Waals surface area contributed by atoms with E-state index in [1.54, 1.807) is 6.92 Å². The third-order valence-corrected chi connectivity index (χ3v) is 5.77. The van der Waals surface area contributed by atoms with Gasteiger partial charge in [0.25, 0.3) is 0 Å². The third kappa shape index (κ3) is 2.04. The molecule has 2 heteroatoms. The second kappa shape index (κ2) is 4.64. The molecule has 0 heterocycles. The van der Waals surface area contributed by atoms with Crippen LogP contribution in [0.1, 0.15) is 71.1 Å². The number of carbonyl (C=O) groups is 1. The fourth-order valence-corrected chi connectivity index (χ4v) is 4.73. The van der Waals surface area contributed by atoms with E-state index in [0.717, 1.165) is 6.42 Å². The van der Waals surface area contributed by atoms with Crippen molar-refractivity contribution < 1.29 is 9.53 Å². The van der Waals surface area contributed by atoms with Gasteiger partial charge in [-0.1, -0.05) is 25.8 Å². The van der Waals surface area contributed by atoms with Gasteiger partial charge in [-0.3, -0.25) is 0 Å². The van der Waals surface area contributed by atoms with Gasteiger partial charge in [0.05, 0.1) is 0 Å². The Morgan fingerprint density at radius 2 is 1.58 bits per heavy atom. The maximum absolute atomic E-state index is 12.2. The van der Waals surface area contributed by atoms with Crippen LogP contribution in [0.5, 0.6) is 0 Å². The first-order valence-electron chi connectivity index (χ1n) is 7.99. The van der Waals surface area contributed by atoms with Crippen LogP contribution in [0.4, 0.5) is 0 Å². The molecule has 0 aromatic heterocycles. The van der Waals surface area contributed by atoms with Crippen molar-refractivity contribution in [3.05, 3.63) is 12.2 Å². The van der Waals surface area contributed by atoms with Crippen LogP contribution >= 0.6 is 0 Å². The molecule has 1 unspecified atom stereocenters. The Morgan fingerprint density at radius 3 is 2.05 bits per heavy atom. The molecule has 106 valence electrons. The molecule has 0 bridgehead atoms. The van der Waals surface area contributed by atoms with Crippen molar-refractivity contribution in [3.8, 4) is 0 Å². The molecule has 0 amide bonds. The molecule has 3 aliphatic carbocycles. The Balaban J connectivity index is 1.92. The first kappa shape index (κ1) is 13.2. The summed E-state index contributed by atoms with van der Waals surface area (Å²) < 4.78 is 6.16. The van der Waals surface area contributed by atoms with Crippen molar-refractivity contribution in [1.82, 2.24) is 0 Å². The topological polar surface area (TPSA) is 26.3 Å². The van der Waals surface area contributed by atoms with Gasteiger partial charge < -0.3 is 4.74 Å². The van der Waals surface area contributed by atoms with Gasteiger partial charge in [0.1, 0.15) is 5.60 Å². The largest absolute Gasteiger partial charge is 0.455 e. The summed E-state index contributed by atoms with van der Waals surface area (Å²) >= 11 is 0. The molecule has 3 aliphatic rings. The van der Waals surface area contributed by atoms with Crippen molar-refractivity contribution in [3.63, 3.8) is 0 Å². The van der Waals surface area contributed by atoms with Crippen LogP contribution in [-0.2, 0) is 9.53 Å². The lowest BCUT2D eigenvalue weighted by Gasteiger charge is -2.52. The summed E-state index contributed by atoms with van der Waals surface area (Å²) in [5.41, 5.74) is 0.716. The number of rotatable bonds is 3. The maximum Gasteiger partial charge on any atom is 0.333 e. The fraction of sp³-hybridized carbons (Fsp3) is 0.824. The van der Waals surface area contributed by atoms with Crippen LogP contribution in [0.2, 0.25) is 0 Å². The number of ether oxygens (including phenoxy) is 1. The van der Waals surface area contributed by atoms with Gasteiger partial charge in [-0.2, -0.15) is 0 Å². The van der Waals surface area contributed by atoms with E-state index in [-0.39, 0.29) is 11.6 Å². The zero-order valence-electron chi connectivity index (χ0n) is 12.2. The van der Waals surface area contributed by atoms with E-state index in [2.05, 4.69) is 6.58 Å². The molecule has 0 aliphatic heterocycles. The lowest BCUT2D eigenvalue weighted by molar-refractivity contribution is -0.188. The van der Waals surface area contributed by atoms with Gasteiger partial charge in [-0.15, -0.1) is 0 Å². The Labute approximate surface area is 116 Å². The smallest absolute Gasteiger partial charge is 0.333 e. The Kier molecular flexibility index (Phi) is 3.23. The van der Waals surface area contributed by atoms with Gasteiger partial charge in [0, 0.05) is 11.0 Å². The van der Waals surface area contributed by atoms with Gasteiger partial charge in [-0.25, -0.2) is 4.79 Å². The Hall–Kier alpha value is -0.790. The van der Waals surface area contributed by atoms with Gasteiger partial charge in [-0.05, 0) is 57.8 Å². The lowest BCUT2D eigenvalue weighted by Crippen LogP contribution is -2.54. The second-order valence-electron chi connectivity index (χ2n) is 7.03. The molecule has 1 atom stereocenters. The monoisotopic (exact) mass is 262 g/mol. The summed E-state index contributed by atoms with van der Waals surface area (Å²) in [4.78, 5) is 12.2.